The average molecular weight is 196 g/mol. The largest absolute Gasteiger partial charge is 0.322 e. The molecular formula is C9H12N2OS. The van der Waals surface area contributed by atoms with Crippen molar-refractivity contribution in [2.75, 3.05) is 0 Å². The number of carbonyl (C=O) groups is 1. The predicted octanol–water partition coefficient (Wildman–Crippen LogP) is 1.92. The van der Waals surface area contributed by atoms with Gasteiger partial charge < -0.3 is 5.73 Å². The molecule has 4 heteroatoms. The Kier molecular flexibility index (Phi) is 2.95. The van der Waals surface area contributed by atoms with Crippen molar-refractivity contribution in [1.82, 2.24) is 4.98 Å². The van der Waals surface area contributed by atoms with Crippen LogP contribution in [-0.2, 0) is 0 Å². The number of nitrogens with two attached hydrogens (primary N) is 1. The fourth-order valence-corrected chi connectivity index (χ4v) is 1.58. The standard InChI is InChI=1S/C9H12N2OS/c1-5(2)8(12)7-4-13-9(11-7)6(3)10/h4,6H,1,10H2,2-3H3. The molecule has 2 N–H and O–H groups in total. The maximum atomic E-state index is 11.4. The van der Waals surface area contributed by atoms with E-state index in [1.54, 1.807) is 12.3 Å². The minimum absolute atomic E-state index is 0.108. The Morgan fingerprint density at radius 2 is 2.38 bits per heavy atom. The third-order valence-corrected chi connectivity index (χ3v) is 2.58. The van der Waals surface area contributed by atoms with Gasteiger partial charge in [0.15, 0.2) is 0 Å². The lowest BCUT2D eigenvalue weighted by molar-refractivity contribution is 0.103. The van der Waals surface area contributed by atoms with Crippen LogP contribution in [0.4, 0.5) is 0 Å². The monoisotopic (exact) mass is 196 g/mol. The summed E-state index contributed by atoms with van der Waals surface area (Å²) < 4.78 is 0. The Morgan fingerprint density at radius 3 is 2.77 bits per heavy atom. The van der Waals surface area contributed by atoms with Gasteiger partial charge in [0.05, 0.1) is 6.04 Å². The number of hydrogen-bond acceptors (Lipinski definition) is 4. The highest BCUT2D eigenvalue weighted by Gasteiger charge is 2.12. The van der Waals surface area contributed by atoms with E-state index in [2.05, 4.69) is 11.6 Å². The van der Waals surface area contributed by atoms with Crippen LogP contribution in [0, 0.1) is 0 Å². The molecule has 0 saturated heterocycles. The average Bonchev–Trinajstić information content (AvgIpc) is 2.50. The zero-order valence-electron chi connectivity index (χ0n) is 7.70. The van der Waals surface area contributed by atoms with Gasteiger partial charge in [0.2, 0.25) is 5.78 Å². The number of aromatic nitrogens is 1. The van der Waals surface area contributed by atoms with Gasteiger partial charge in [0.1, 0.15) is 10.7 Å². The summed E-state index contributed by atoms with van der Waals surface area (Å²) in [6, 6.07) is -0.114. The van der Waals surface area contributed by atoms with Crippen LogP contribution in [0.5, 0.6) is 0 Å². The van der Waals surface area contributed by atoms with Crippen molar-refractivity contribution in [1.29, 1.82) is 0 Å². The molecule has 0 spiro atoms. The van der Waals surface area contributed by atoms with Crippen LogP contribution in [0.2, 0.25) is 0 Å². The van der Waals surface area contributed by atoms with Crippen LogP contribution in [0.3, 0.4) is 0 Å². The molecule has 1 unspecified atom stereocenters. The summed E-state index contributed by atoms with van der Waals surface area (Å²) in [5.41, 5.74) is 6.57. The van der Waals surface area contributed by atoms with E-state index in [4.69, 9.17) is 5.73 Å². The molecule has 0 fully saturated rings. The van der Waals surface area contributed by atoms with Gasteiger partial charge in [-0.05, 0) is 19.4 Å². The lowest BCUT2D eigenvalue weighted by Gasteiger charge is -1.97. The van der Waals surface area contributed by atoms with Crippen molar-refractivity contribution in [2.24, 2.45) is 5.73 Å². The first kappa shape index (κ1) is 10.1. The molecule has 0 saturated carbocycles. The second-order valence-corrected chi connectivity index (χ2v) is 3.86. The lowest BCUT2D eigenvalue weighted by Crippen LogP contribution is -2.06. The first-order chi connectivity index (χ1) is 6.02. The van der Waals surface area contributed by atoms with Crippen molar-refractivity contribution in [2.45, 2.75) is 19.9 Å². The Hall–Kier alpha value is -1.00. The minimum atomic E-state index is -0.114. The molecule has 3 nitrogen and oxygen atoms in total. The molecule has 0 amide bonds. The highest BCUT2D eigenvalue weighted by Crippen LogP contribution is 2.17. The minimum Gasteiger partial charge on any atom is -0.322 e. The second kappa shape index (κ2) is 3.81. The second-order valence-electron chi connectivity index (χ2n) is 2.97. The van der Waals surface area contributed by atoms with Crippen LogP contribution >= 0.6 is 11.3 Å². The number of carbonyl (C=O) groups excluding carboxylic acids is 1. The summed E-state index contributed by atoms with van der Waals surface area (Å²) >= 11 is 1.41. The highest BCUT2D eigenvalue weighted by molar-refractivity contribution is 7.09. The molecule has 1 aromatic rings. The zero-order valence-corrected chi connectivity index (χ0v) is 8.52. The Balaban J connectivity index is 2.92. The van der Waals surface area contributed by atoms with Gasteiger partial charge in [-0.15, -0.1) is 11.3 Å². The zero-order chi connectivity index (χ0) is 10.0. The maximum absolute atomic E-state index is 11.4. The molecule has 0 aliphatic rings. The van der Waals surface area contributed by atoms with Crippen LogP contribution < -0.4 is 5.73 Å². The summed E-state index contributed by atoms with van der Waals surface area (Å²) in [6.45, 7) is 7.08. The first-order valence-corrected chi connectivity index (χ1v) is 4.81. The van der Waals surface area contributed by atoms with E-state index in [1.165, 1.54) is 11.3 Å². The molecule has 1 rings (SSSR count). The quantitative estimate of drug-likeness (QED) is 0.593. The molecule has 0 bridgehead atoms. The third kappa shape index (κ3) is 2.23. The molecule has 1 atom stereocenters. The molecule has 70 valence electrons. The molecule has 0 aromatic carbocycles. The number of ketones is 1. The fraction of sp³-hybridized carbons (Fsp3) is 0.333. The van der Waals surface area contributed by atoms with E-state index in [0.717, 1.165) is 5.01 Å². The Labute approximate surface area is 81.3 Å². The number of allylic oxidation sites excluding steroid dienone is 1. The van der Waals surface area contributed by atoms with Crippen molar-refractivity contribution >= 4 is 17.1 Å². The van der Waals surface area contributed by atoms with E-state index >= 15 is 0 Å². The van der Waals surface area contributed by atoms with Crippen molar-refractivity contribution < 1.29 is 4.79 Å². The van der Waals surface area contributed by atoms with Gasteiger partial charge in [0.25, 0.3) is 0 Å². The first-order valence-electron chi connectivity index (χ1n) is 3.93. The van der Waals surface area contributed by atoms with Gasteiger partial charge in [-0.2, -0.15) is 0 Å². The Morgan fingerprint density at radius 1 is 1.77 bits per heavy atom. The fourth-order valence-electron chi connectivity index (χ4n) is 0.820. The number of rotatable bonds is 3. The summed E-state index contributed by atoms with van der Waals surface area (Å²) in [5, 5.41) is 2.50. The topological polar surface area (TPSA) is 56.0 Å². The van der Waals surface area contributed by atoms with E-state index in [-0.39, 0.29) is 11.8 Å². The van der Waals surface area contributed by atoms with E-state index in [9.17, 15) is 4.79 Å². The number of Topliss-reactive ketones (excluding diaryl/α,β-unsaturated/α-hetero) is 1. The van der Waals surface area contributed by atoms with Crippen molar-refractivity contribution in [3.8, 4) is 0 Å². The van der Waals surface area contributed by atoms with Gasteiger partial charge in [-0.1, -0.05) is 6.58 Å². The summed E-state index contributed by atoms with van der Waals surface area (Å²) in [7, 11) is 0. The lowest BCUT2D eigenvalue weighted by atomic mass is 10.2. The van der Waals surface area contributed by atoms with Crippen molar-refractivity contribution in [3.63, 3.8) is 0 Å². The molecule has 0 aliphatic heterocycles. The van der Waals surface area contributed by atoms with Gasteiger partial charge in [-0.25, -0.2) is 4.98 Å². The predicted molar refractivity (Wildman–Crippen MR) is 53.9 cm³/mol. The number of hydrogen-bond donors (Lipinski definition) is 1. The summed E-state index contributed by atoms with van der Waals surface area (Å²) in [4.78, 5) is 15.5. The van der Waals surface area contributed by atoms with Crippen LogP contribution in [0.1, 0.15) is 35.4 Å². The van der Waals surface area contributed by atoms with Gasteiger partial charge >= 0.3 is 0 Å². The smallest absolute Gasteiger partial charge is 0.207 e. The molecule has 1 heterocycles. The molecule has 0 aliphatic carbocycles. The number of thiazole rings is 1. The molecule has 0 radical (unpaired) electrons. The molecular weight excluding hydrogens is 184 g/mol. The van der Waals surface area contributed by atoms with E-state index in [0.29, 0.717) is 11.3 Å². The Bertz CT molecular complexity index is 341. The molecule has 13 heavy (non-hydrogen) atoms. The molecule has 1 aromatic heterocycles. The van der Waals surface area contributed by atoms with Crippen molar-refractivity contribution in [3.05, 3.63) is 28.2 Å². The van der Waals surface area contributed by atoms with Gasteiger partial charge in [-0.3, -0.25) is 4.79 Å². The van der Waals surface area contributed by atoms with Crippen LogP contribution in [0.25, 0.3) is 0 Å². The van der Waals surface area contributed by atoms with E-state index < -0.39 is 0 Å². The van der Waals surface area contributed by atoms with Crippen LogP contribution in [0.15, 0.2) is 17.5 Å². The summed E-state index contributed by atoms with van der Waals surface area (Å²) in [5.74, 6) is -0.108. The van der Waals surface area contributed by atoms with E-state index in [1.807, 2.05) is 6.92 Å². The van der Waals surface area contributed by atoms with Crippen LogP contribution in [-0.4, -0.2) is 10.8 Å². The summed E-state index contributed by atoms with van der Waals surface area (Å²) in [6.07, 6.45) is 0. The van der Waals surface area contributed by atoms with Gasteiger partial charge in [0, 0.05) is 5.38 Å². The SMILES string of the molecule is C=C(C)C(=O)c1csc(C(C)N)n1. The maximum Gasteiger partial charge on any atom is 0.207 e. The normalized spacial score (nSPS) is 12.5. The highest BCUT2D eigenvalue weighted by atomic mass is 32.1. The number of nitrogens with zero attached hydrogens (tertiary/aromatic N) is 1. The third-order valence-electron chi connectivity index (χ3n) is 1.53.